The molecule has 0 fully saturated rings. The minimum Gasteiger partial charge on any atom is -0.329 e. The second-order valence-electron chi connectivity index (χ2n) is 3.34. The predicted molar refractivity (Wildman–Crippen MR) is 55.3 cm³/mol. The first kappa shape index (κ1) is 11.9. The van der Waals surface area contributed by atoms with E-state index >= 15 is 0 Å². The predicted octanol–water partition coefficient (Wildman–Crippen LogP) is 1.89. The van der Waals surface area contributed by atoms with E-state index in [1.54, 1.807) is 0 Å². The van der Waals surface area contributed by atoms with Gasteiger partial charge in [-0.15, -0.1) is 0 Å². The first-order valence-corrected chi connectivity index (χ1v) is 5.28. The van der Waals surface area contributed by atoms with Crippen LogP contribution in [0.4, 0.5) is 0 Å². The van der Waals surface area contributed by atoms with Gasteiger partial charge in [-0.1, -0.05) is 33.1 Å². The maximum Gasteiger partial charge on any atom is 0.00770 e. The summed E-state index contributed by atoms with van der Waals surface area (Å²) in [6, 6.07) is 0.695. The SMILES string of the molecule is CCCCCC(CC)NCCN. The summed E-state index contributed by atoms with van der Waals surface area (Å²) in [6.07, 6.45) is 6.56. The second-order valence-corrected chi connectivity index (χ2v) is 3.34. The number of nitrogens with one attached hydrogen (secondary N) is 1. The average Bonchev–Trinajstić information content (AvgIpc) is 2.11. The summed E-state index contributed by atoms with van der Waals surface area (Å²) in [6.45, 7) is 6.20. The molecule has 3 N–H and O–H groups in total. The van der Waals surface area contributed by atoms with E-state index in [0.29, 0.717) is 6.04 Å². The Morgan fingerprint density at radius 1 is 1.25 bits per heavy atom. The second kappa shape index (κ2) is 9.01. The molecule has 12 heavy (non-hydrogen) atoms. The molecule has 1 unspecified atom stereocenters. The van der Waals surface area contributed by atoms with Gasteiger partial charge in [0.05, 0.1) is 0 Å². The topological polar surface area (TPSA) is 38.0 Å². The highest BCUT2D eigenvalue weighted by Gasteiger charge is 2.02. The number of unbranched alkanes of at least 4 members (excludes halogenated alkanes) is 2. The lowest BCUT2D eigenvalue weighted by Gasteiger charge is -2.15. The number of rotatable bonds is 8. The lowest BCUT2D eigenvalue weighted by atomic mass is 10.1. The fraction of sp³-hybridized carbons (Fsp3) is 1.00. The van der Waals surface area contributed by atoms with Crippen molar-refractivity contribution in [3.63, 3.8) is 0 Å². The number of hydrogen-bond donors (Lipinski definition) is 2. The standard InChI is InChI=1S/C10H24N2/c1-3-5-6-7-10(4-2)12-9-8-11/h10,12H,3-9,11H2,1-2H3. The van der Waals surface area contributed by atoms with E-state index in [2.05, 4.69) is 19.2 Å². The van der Waals surface area contributed by atoms with E-state index in [1.165, 1.54) is 32.1 Å². The molecule has 0 aliphatic carbocycles. The van der Waals surface area contributed by atoms with E-state index in [1.807, 2.05) is 0 Å². The third kappa shape index (κ3) is 6.62. The number of nitrogens with two attached hydrogens (primary N) is 1. The van der Waals surface area contributed by atoms with Crippen molar-refractivity contribution in [2.45, 2.75) is 52.0 Å². The maximum atomic E-state index is 5.42. The Morgan fingerprint density at radius 3 is 2.50 bits per heavy atom. The van der Waals surface area contributed by atoms with Crippen LogP contribution in [-0.2, 0) is 0 Å². The zero-order chi connectivity index (χ0) is 9.23. The molecule has 0 saturated carbocycles. The van der Waals surface area contributed by atoms with Crippen LogP contribution in [0.5, 0.6) is 0 Å². The van der Waals surface area contributed by atoms with Gasteiger partial charge in [0.1, 0.15) is 0 Å². The summed E-state index contributed by atoms with van der Waals surface area (Å²) >= 11 is 0. The van der Waals surface area contributed by atoms with Gasteiger partial charge < -0.3 is 11.1 Å². The van der Waals surface area contributed by atoms with Crippen molar-refractivity contribution in [1.82, 2.24) is 5.32 Å². The smallest absolute Gasteiger partial charge is 0.00770 e. The first-order valence-electron chi connectivity index (χ1n) is 5.28. The van der Waals surface area contributed by atoms with Crippen LogP contribution in [0.15, 0.2) is 0 Å². The molecule has 0 spiro atoms. The van der Waals surface area contributed by atoms with Crippen molar-refractivity contribution in [3.8, 4) is 0 Å². The molecule has 0 amide bonds. The Bertz CT molecular complexity index is 83.9. The molecule has 2 nitrogen and oxygen atoms in total. The third-order valence-electron chi connectivity index (χ3n) is 2.23. The van der Waals surface area contributed by atoms with Gasteiger partial charge in [-0.3, -0.25) is 0 Å². The quantitative estimate of drug-likeness (QED) is 0.549. The van der Waals surface area contributed by atoms with Gasteiger partial charge in [0.2, 0.25) is 0 Å². The first-order chi connectivity index (χ1) is 5.85. The Hall–Kier alpha value is -0.0800. The fourth-order valence-corrected chi connectivity index (χ4v) is 1.38. The molecule has 74 valence electrons. The largest absolute Gasteiger partial charge is 0.329 e. The minimum absolute atomic E-state index is 0.695. The van der Waals surface area contributed by atoms with Crippen LogP contribution < -0.4 is 11.1 Å². The summed E-state index contributed by atoms with van der Waals surface area (Å²) in [5.41, 5.74) is 5.42. The van der Waals surface area contributed by atoms with Crippen LogP contribution in [0.3, 0.4) is 0 Å². The molecule has 0 radical (unpaired) electrons. The van der Waals surface area contributed by atoms with Gasteiger partial charge in [-0.25, -0.2) is 0 Å². The van der Waals surface area contributed by atoms with Crippen molar-refractivity contribution in [2.75, 3.05) is 13.1 Å². The highest BCUT2D eigenvalue weighted by Crippen LogP contribution is 2.05. The minimum atomic E-state index is 0.695. The van der Waals surface area contributed by atoms with Gasteiger partial charge in [-0.05, 0) is 12.8 Å². The van der Waals surface area contributed by atoms with Gasteiger partial charge in [0.15, 0.2) is 0 Å². The number of hydrogen-bond acceptors (Lipinski definition) is 2. The average molecular weight is 172 g/mol. The Labute approximate surface area is 76.9 Å². The summed E-state index contributed by atoms with van der Waals surface area (Å²) in [5.74, 6) is 0. The van der Waals surface area contributed by atoms with E-state index < -0.39 is 0 Å². The van der Waals surface area contributed by atoms with Crippen LogP contribution >= 0.6 is 0 Å². The van der Waals surface area contributed by atoms with Crippen LogP contribution in [0.1, 0.15) is 46.0 Å². The lowest BCUT2D eigenvalue weighted by Crippen LogP contribution is -2.32. The zero-order valence-electron chi connectivity index (χ0n) is 8.60. The molecule has 0 aromatic rings. The molecule has 0 aromatic heterocycles. The molecule has 0 rings (SSSR count). The highest BCUT2D eigenvalue weighted by molar-refractivity contribution is 4.64. The molecular formula is C10H24N2. The zero-order valence-corrected chi connectivity index (χ0v) is 8.60. The van der Waals surface area contributed by atoms with Crippen LogP contribution in [0.2, 0.25) is 0 Å². The summed E-state index contributed by atoms with van der Waals surface area (Å²) in [5, 5.41) is 3.45. The van der Waals surface area contributed by atoms with Crippen molar-refractivity contribution < 1.29 is 0 Å². The van der Waals surface area contributed by atoms with Crippen LogP contribution in [0, 0.1) is 0 Å². The Kier molecular flexibility index (Phi) is 8.95. The van der Waals surface area contributed by atoms with Gasteiger partial charge in [0, 0.05) is 19.1 Å². The van der Waals surface area contributed by atoms with Gasteiger partial charge in [-0.2, -0.15) is 0 Å². The van der Waals surface area contributed by atoms with E-state index in [4.69, 9.17) is 5.73 Å². The maximum absolute atomic E-state index is 5.42. The fourth-order valence-electron chi connectivity index (χ4n) is 1.38. The van der Waals surface area contributed by atoms with E-state index in [0.717, 1.165) is 13.1 Å². The van der Waals surface area contributed by atoms with Crippen LogP contribution in [0.25, 0.3) is 0 Å². The van der Waals surface area contributed by atoms with Crippen LogP contribution in [-0.4, -0.2) is 19.1 Å². The molecular weight excluding hydrogens is 148 g/mol. The normalized spacial score (nSPS) is 13.2. The Morgan fingerprint density at radius 2 is 2.00 bits per heavy atom. The highest BCUT2D eigenvalue weighted by atomic mass is 14.9. The molecule has 0 heterocycles. The molecule has 2 heteroatoms. The summed E-state index contributed by atoms with van der Waals surface area (Å²) < 4.78 is 0. The van der Waals surface area contributed by atoms with Crippen molar-refractivity contribution in [3.05, 3.63) is 0 Å². The van der Waals surface area contributed by atoms with Gasteiger partial charge >= 0.3 is 0 Å². The molecule has 0 saturated heterocycles. The van der Waals surface area contributed by atoms with Crippen molar-refractivity contribution >= 4 is 0 Å². The van der Waals surface area contributed by atoms with E-state index in [-0.39, 0.29) is 0 Å². The molecule has 0 aromatic carbocycles. The third-order valence-corrected chi connectivity index (χ3v) is 2.23. The van der Waals surface area contributed by atoms with Gasteiger partial charge in [0.25, 0.3) is 0 Å². The molecule has 0 bridgehead atoms. The molecule has 1 atom stereocenters. The Balaban J connectivity index is 3.26. The lowest BCUT2D eigenvalue weighted by molar-refractivity contribution is 0.453. The summed E-state index contributed by atoms with van der Waals surface area (Å²) in [4.78, 5) is 0. The van der Waals surface area contributed by atoms with Crippen molar-refractivity contribution in [1.29, 1.82) is 0 Å². The monoisotopic (exact) mass is 172 g/mol. The van der Waals surface area contributed by atoms with Crippen molar-refractivity contribution in [2.24, 2.45) is 5.73 Å². The van der Waals surface area contributed by atoms with E-state index in [9.17, 15) is 0 Å². The molecule has 0 aliphatic heterocycles. The summed E-state index contributed by atoms with van der Waals surface area (Å²) in [7, 11) is 0. The molecule has 0 aliphatic rings.